The first kappa shape index (κ1) is 18.4. The van der Waals surface area contributed by atoms with Crippen LogP contribution in [0.15, 0.2) is 27.6 Å². The van der Waals surface area contributed by atoms with E-state index in [0.29, 0.717) is 23.8 Å². The molecule has 0 radical (unpaired) electrons. The van der Waals surface area contributed by atoms with Gasteiger partial charge in [-0.2, -0.15) is 0 Å². The normalized spacial score (nSPS) is 17.3. The molecule has 1 N–H and O–H groups in total. The molecule has 1 atom stereocenters. The molecule has 140 valence electrons. The molecule has 3 heterocycles. The molecule has 3 rings (SSSR count). The summed E-state index contributed by atoms with van der Waals surface area (Å²) < 4.78 is 6.84. The first-order chi connectivity index (χ1) is 12.5. The quantitative estimate of drug-likeness (QED) is 0.880. The van der Waals surface area contributed by atoms with E-state index in [1.54, 1.807) is 30.8 Å². The zero-order valence-corrected chi connectivity index (χ0v) is 15.6. The number of carbonyl (C=O) groups excluding carboxylic acids is 1. The minimum absolute atomic E-state index is 0.221. The number of hydrogen-bond acceptors (Lipinski definition) is 5. The van der Waals surface area contributed by atoms with Gasteiger partial charge in [-0.05, 0) is 57.3 Å². The van der Waals surface area contributed by atoms with Crippen LogP contribution in [0.3, 0.4) is 0 Å². The number of hydrogen-bond donors (Lipinski definition) is 1. The average Bonchev–Trinajstić information content (AvgIpc) is 3.03. The van der Waals surface area contributed by atoms with Gasteiger partial charge >= 0.3 is 0 Å². The SMILES string of the molecule is Cc1cc(CN(C)C(=O)c2c(C)ccn(CC3CCCNC3)c2=O)on1. The summed E-state index contributed by atoms with van der Waals surface area (Å²) in [4.78, 5) is 27.3. The summed E-state index contributed by atoms with van der Waals surface area (Å²) in [5.41, 5.74) is 1.47. The fourth-order valence-electron chi connectivity index (χ4n) is 3.41. The summed E-state index contributed by atoms with van der Waals surface area (Å²) in [5, 5.41) is 7.20. The van der Waals surface area contributed by atoms with Gasteiger partial charge in [0, 0.05) is 25.9 Å². The van der Waals surface area contributed by atoms with Crippen LogP contribution in [0.4, 0.5) is 0 Å². The molecule has 2 aromatic rings. The summed E-state index contributed by atoms with van der Waals surface area (Å²) in [5.74, 6) is 0.722. The van der Waals surface area contributed by atoms with Crippen molar-refractivity contribution in [3.05, 3.63) is 51.3 Å². The molecule has 0 spiro atoms. The van der Waals surface area contributed by atoms with Gasteiger partial charge in [0.15, 0.2) is 5.76 Å². The van der Waals surface area contributed by atoms with Crippen LogP contribution >= 0.6 is 0 Å². The van der Waals surface area contributed by atoms with Gasteiger partial charge < -0.3 is 19.3 Å². The molecule has 7 heteroatoms. The molecule has 0 aliphatic carbocycles. The maximum Gasteiger partial charge on any atom is 0.263 e. The van der Waals surface area contributed by atoms with Gasteiger partial charge in [-0.1, -0.05) is 5.16 Å². The number of amides is 1. The molecule has 1 unspecified atom stereocenters. The van der Waals surface area contributed by atoms with Crippen molar-refractivity contribution in [2.45, 2.75) is 39.8 Å². The van der Waals surface area contributed by atoms with Crippen molar-refractivity contribution in [2.75, 3.05) is 20.1 Å². The molecule has 0 saturated carbocycles. The summed E-state index contributed by atoms with van der Waals surface area (Å²) in [6.07, 6.45) is 4.01. The van der Waals surface area contributed by atoms with Crippen molar-refractivity contribution >= 4 is 5.91 Å². The third-order valence-corrected chi connectivity index (χ3v) is 4.86. The van der Waals surface area contributed by atoms with Crippen LogP contribution < -0.4 is 10.9 Å². The molecule has 0 bridgehead atoms. The maximum absolute atomic E-state index is 12.9. The van der Waals surface area contributed by atoms with Crippen LogP contribution in [0.5, 0.6) is 0 Å². The van der Waals surface area contributed by atoms with Crippen LogP contribution in [0.2, 0.25) is 0 Å². The van der Waals surface area contributed by atoms with Gasteiger partial charge in [0.1, 0.15) is 5.56 Å². The number of carbonyl (C=O) groups is 1. The highest BCUT2D eigenvalue weighted by molar-refractivity contribution is 5.95. The lowest BCUT2D eigenvalue weighted by molar-refractivity contribution is 0.0768. The number of rotatable bonds is 5. The first-order valence-corrected chi connectivity index (χ1v) is 9.04. The fourth-order valence-corrected chi connectivity index (χ4v) is 3.41. The van der Waals surface area contributed by atoms with Crippen molar-refractivity contribution in [1.82, 2.24) is 19.9 Å². The molecule has 7 nitrogen and oxygen atoms in total. The molecule has 1 aliphatic rings. The second kappa shape index (κ2) is 7.86. The van der Waals surface area contributed by atoms with Gasteiger partial charge in [0.2, 0.25) is 0 Å². The molecule has 1 aliphatic heterocycles. The van der Waals surface area contributed by atoms with E-state index >= 15 is 0 Å². The second-order valence-electron chi connectivity index (χ2n) is 7.14. The van der Waals surface area contributed by atoms with Crippen LogP contribution in [0.25, 0.3) is 0 Å². The van der Waals surface area contributed by atoms with Gasteiger partial charge in [-0.3, -0.25) is 9.59 Å². The van der Waals surface area contributed by atoms with Gasteiger partial charge in [0.05, 0.1) is 12.2 Å². The van der Waals surface area contributed by atoms with Crippen molar-refractivity contribution in [1.29, 1.82) is 0 Å². The third kappa shape index (κ3) is 4.04. The third-order valence-electron chi connectivity index (χ3n) is 4.86. The van der Waals surface area contributed by atoms with Gasteiger partial charge in [0.25, 0.3) is 11.5 Å². The molecule has 1 fully saturated rings. The van der Waals surface area contributed by atoms with E-state index in [1.807, 2.05) is 13.0 Å². The standard InChI is InChI=1S/C19H26N4O3/c1-13-6-8-23(11-15-5-4-7-20-10-15)19(25)17(13)18(24)22(3)12-16-9-14(2)21-26-16/h6,8-9,15,20H,4-5,7,10-12H2,1-3H3. The van der Waals surface area contributed by atoms with E-state index in [9.17, 15) is 9.59 Å². The Kier molecular flexibility index (Phi) is 5.56. The lowest BCUT2D eigenvalue weighted by Crippen LogP contribution is -2.38. The minimum Gasteiger partial charge on any atom is -0.359 e. The number of piperidine rings is 1. The predicted octanol–water partition coefficient (Wildman–Crippen LogP) is 1.72. The number of nitrogens with zero attached hydrogens (tertiary/aromatic N) is 3. The Morgan fingerprint density at radius 3 is 2.92 bits per heavy atom. The first-order valence-electron chi connectivity index (χ1n) is 9.04. The molecule has 26 heavy (non-hydrogen) atoms. The van der Waals surface area contributed by atoms with Crippen LogP contribution in [-0.4, -0.2) is 40.7 Å². The Balaban J connectivity index is 1.80. The molecular weight excluding hydrogens is 332 g/mol. The molecule has 2 aromatic heterocycles. The molecule has 1 saturated heterocycles. The lowest BCUT2D eigenvalue weighted by Gasteiger charge is -2.24. The highest BCUT2D eigenvalue weighted by atomic mass is 16.5. The van der Waals surface area contributed by atoms with Crippen LogP contribution in [0, 0.1) is 19.8 Å². The van der Waals surface area contributed by atoms with Crippen molar-refractivity contribution in [3.8, 4) is 0 Å². The summed E-state index contributed by atoms with van der Waals surface area (Å²) in [6, 6.07) is 3.63. The highest BCUT2D eigenvalue weighted by Gasteiger charge is 2.22. The molecular formula is C19H26N4O3. The Bertz CT molecular complexity index is 834. The Hall–Kier alpha value is -2.41. The average molecular weight is 358 g/mol. The van der Waals surface area contributed by atoms with E-state index < -0.39 is 0 Å². The number of aromatic nitrogens is 2. The smallest absolute Gasteiger partial charge is 0.263 e. The second-order valence-corrected chi connectivity index (χ2v) is 7.14. The minimum atomic E-state index is -0.294. The predicted molar refractivity (Wildman–Crippen MR) is 98.1 cm³/mol. The van der Waals surface area contributed by atoms with E-state index in [-0.39, 0.29) is 23.6 Å². The summed E-state index contributed by atoms with van der Waals surface area (Å²) in [6.45, 7) is 6.49. The topological polar surface area (TPSA) is 80.4 Å². The Morgan fingerprint density at radius 2 is 2.27 bits per heavy atom. The number of nitrogens with one attached hydrogen (secondary N) is 1. The molecule has 0 aromatic carbocycles. The fraction of sp³-hybridized carbons (Fsp3) is 0.526. The van der Waals surface area contributed by atoms with E-state index in [4.69, 9.17) is 4.52 Å². The Morgan fingerprint density at radius 1 is 1.46 bits per heavy atom. The van der Waals surface area contributed by atoms with E-state index in [2.05, 4.69) is 10.5 Å². The van der Waals surface area contributed by atoms with Gasteiger partial charge in [-0.15, -0.1) is 0 Å². The van der Waals surface area contributed by atoms with Crippen molar-refractivity contribution in [3.63, 3.8) is 0 Å². The Labute approximate surface area is 153 Å². The summed E-state index contributed by atoms with van der Waals surface area (Å²) >= 11 is 0. The van der Waals surface area contributed by atoms with Crippen LogP contribution in [-0.2, 0) is 13.1 Å². The lowest BCUT2D eigenvalue weighted by atomic mass is 9.99. The highest BCUT2D eigenvalue weighted by Crippen LogP contribution is 2.14. The van der Waals surface area contributed by atoms with E-state index in [1.165, 1.54) is 4.90 Å². The van der Waals surface area contributed by atoms with Crippen molar-refractivity contribution in [2.24, 2.45) is 5.92 Å². The van der Waals surface area contributed by atoms with E-state index in [0.717, 1.165) is 31.6 Å². The number of aryl methyl sites for hydroxylation is 2. The summed E-state index contributed by atoms with van der Waals surface area (Å²) in [7, 11) is 1.67. The molecule has 1 amide bonds. The van der Waals surface area contributed by atoms with Crippen LogP contribution in [0.1, 0.15) is 40.2 Å². The van der Waals surface area contributed by atoms with Gasteiger partial charge in [-0.25, -0.2) is 0 Å². The van der Waals surface area contributed by atoms with Crippen molar-refractivity contribution < 1.29 is 9.32 Å². The largest absolute Gasteiger partial charge is 0.359 e. The monoisotopic (exact) mass is 358 g/mol. The number of pyridine rings is 1. The maximum atomic E-state index is 12.9. The zero-order valence-electron chi connectivity index (χ0n) is 15.6. The zero-order chi connectivity index (χ0) is 18.7.